The maximum Gasteiger partial charge on any atom is 0.405 e. The summed E-state index contributed by atoms with van der Waals surface area (Å²) in [6.45, 7) is -0.427. The number of hydroxylamine groups is 1. The third-order valence-electron chi connectivity index (χ3n) is 2.02. The van der Waals surface area contributed by atoms with Gasteiger partial charge in [0, 0.05) is 6.54 Å². The lowest BCUT2D eigenvalue weighted by atomic mass is 10.2. The van der Waals surface area contributed by atoms with Crippen molar-refractivity contribution in [2.45, 2.75) is 12.8 Å². The second kappa shape index (κ2) is 6.23. The van der Waals surface area contributed by atoms with Crippen LogP contribution in [-0.4, -0.2) is 12.7 Å². The van der Waals surface area contributed by atoms with E-state index in [9.17, 15) is 13.2 Å². The van der Waals surface area contributed by atoms with E-state index >= 15 is 0 Å². The Hall–Kier alpha value is -1.58. The summed E-state index contributed by atoms with van der Waals surface area (Å²) in [7, 11) is 0. The predicted octanol–water partition coefficient (Wildman–Crippen LogP) is 2.41. The van der Waals surface area contributed by atoms with Crippen LogP contribution in [-0.2, 0) is 11.4 Å². The van der Waals surface area contributed by atoms with Crippen molar-refractivity contribution in [1.82, 2.24) is 5.48 Å². The second-order valence-electron chi connectivity index (χ2n) is 3.35. The van der Waals surface area contributed by atoms with E-state index in [4.69, 9.17) is 10.1 Å². The van der Waals surface area contributed by atoms with Crippen LogP contribution in [0, 0.1) is 17.2 Å². The molecule has 17 heavy (non-hydrogen) atoms. The van der Waals surface area contributed by atoms with Gasteiger partial charge in [0.15, 0.2) is 5.92 Å². The van der Waals surface area contributed by atoms with Crippen molar-refractivity contribution in [3.8, 4) is 6.07 Å². The average molecular weight is 244 g/mol. The molecule has 1 atom stereocenters. The van der Waals surface area contributed by atoms with Gasteiger partial charge in [-0.1, -0.05) is 30.3 Å². The number of rotatable bonds is 5. The number of halogens is 3. The minimum Gasteiger partial charge on any atom is -0.297 e. The maximum atomic E-state index is 12.2. The van der Waals surface area contributed by atoms with Crippen LogP contribution < -0.4 is 5.48 Å². The van der Waals surface area contributed by atoms with Crippen LogP contribution in [0.5, 0.6) is 0 Å². The van der Waals surface area contributed by atoms with Crippen LogP contribution in [0.4, 0.5) is 13.2 Å². The van der Waals surface area contributed by atoms with E-state index in [1.54, 1.807) is 24.3 Å². The molecule has 0 fully saturated rings. The molecule has 6 heteroatoms. The number of nitrogens with one attached hydrogen (secondary N) is 1. The normalized spacial score (nSPS) is 13.1. The third kappa shape index (κ3) is 4.85. The quantitative estimate of drug-likeness (QED) is 0.639. The van der Waals surface area contributed by atoms with Gasteiger partial charge in [-0.2, -0.15) is 18.4 Å². The van der Waals surface area contributed by atoms with Gasteiger partial charge in [0.1, 0.15) is 0 Å². The largest absolute Gasteiger partial charge is 0.405 e. The van der Waals surface area contributed by atoms with Gasteiger partial charge < -0.3 is 0 Å². The molecule has 0 aromatic heterocycles. The molecule has 0 radical (unpaired) electrons. The molecule has 1 rings (SSSR count). The molecular weight excluding hydrogens is 233 g/mol. The van der Waals surface area contributed by atoms with Gasteiger partial charge in [0.2, 0.25) is 0 Å². The van der Waals surface area contributed by atoms with Crippen LogP contribution in [0.15, 0.2) is 30.3 Å². The second-order valence-corrected chi connectivity index (χ2v) is 3.35. The molecule has 0 saturated heterocycles. The molecule has 1 aromatic carbocycles. The zero-order valence-corrected chi connectivity index (χ0v) is 8.87. The zero-order chi connectivity index (χ0) is 12.7. The molecule has 0 aliphatic carbocycles. The number of alkyl halides is 3. The maximum absolute atomic E-state index is 12.2. The molecule has 1 aromatic rings. The highest BCUT2D eigenvalue weighted by atomic mass is 19.4. The average Bonchev–Trinajstić information content (AvgIpc) is 2.28. The van der Waals surface area contributed by atoms with Gasteiger partial charge in [-0.15, -0.1) is 0 Å². The lowest BCUT2D eigenvalue weighted by Crippen LogP contribution is -2.32. The number of hydrogen-bond donors (Lipinski definition) is 1. The van der Waals surface area contributed by atoms with Gasteiger partial charge in [0.25, 0.3) is 0 Å². The molecule has 1 N–H and O–H groups in total. The Morgan fingerprint density at radius 1 is 1.29 bits per heavy atom. The summed E-state index contributed by atoms with van der Waals surface area (Å²) < 4.78 is 36.5. The number of benzene rings is 1. The molecule has 0 spiro atoms. The van der Waals surface area contributed by atoms with Crippen molar-refractivity contribution in [2.24, 2.45) is 5.92 Å². The molecule has 0 amide bonds. The van der Waals surface area contributed by atoms with Gasteiger partial charge >= 0.3 is 6.18 Å². The van der Waals surface area contributed by atoms with E-state index < -0.39 is 18.6 Å². The van der Waals surface area contributed by atoms with E-state index in [1.165, 1.54) is 6.07 Å². The summed E-state index contributed by atoms with van der Waals surface area (Å²) in [5.74, 6) is -2.06. The Morgan fingerprint density at radius 3 is 2.47 bits per heavy atom. The monoisotopic (exact) mass is 244 g/mol. The van der Waals surface area contributed by atoms with Gasteiger partial charge in [-0.05, 0) is 5.56 Å². The molecule has 3 nitrogen and oxygen atoms in total. The van der Waals surface area contributed by atoms with Crippen molar-refractivity contribution < 1.29 is 18.0 Å². The van der Waals surface area contributed by atoms with Crippen LogP contribution in [0.2, 0.25) is 0 Å². The molecule has 1 unspecified atom stereocenters. The Balaban J connectivity index is 2.27. The Morgan fingerprint density at radius 2 is 1.94 bits per heavy atom. The van der Waals surface area contributed by atoms with Crippen LogP contribution in [0.25, 0.3) is 0 Å². The topological polar surface area (TPSA) is 45.0 Å². The highest BCUT2D eigenvalue weighted by molar-refractivity contribution is 5.13. The highest BCUT2D eigenvalue weighted by Crippen LogP contribution is 2.24. The van der Waals surface area contributed by atoms with E-state index in [2.05, 4.69) is 5.48 Å². The fourth-order valence-corrected chi connectivity index (χ4v) is 1.09. The van der Waals surface area contributed by atoms with Crippen molar-refractivity contribution in [3.05, 3.63) is 35.9 Å². The van der Waals surface area contributed by atoms with Crippen LogP contribution in [0.1, 0.15) is 5.56 Å². The van der Waals surface area contributed by atoms with Crippen LogP contribution >= 0.6 is 0 Å². The standard InChI is InChI=1S/C11H11F3N2O/c12-11(13,14)10(6-15)7-16-17-8-9-4-2-1-3-5-9/h1-5,10,16H,7-8H2. The van der Waals surface area contributed by atoms with Gasteiger partial charge in [-0.25, -0.2) is 5.48 Å². The van der Waals surface area contributed by atoms with Crippen molar-refractivity contribution in [1.29, 1.82) is 5.26 Å². The van der Waals surface area contributed by atoms with E-state index in [-0.39, 0.29) is 6.61 Å². The molecular formula is C11H11F3N2O. The fraction of sp³-hybridized carbons (Fsp3) is 0.364. The summed E-state index contributed by atoms with van der Waals surface area (Å²) in [5, 5.41) is 8.31. The number of hydrogen-bond acceptors (Lipinski definition) is 3. The van der Waals surface area contributed by atoms with Gasteiger partial charge in [0.05, 0.1) is 12.7 Å². The van der Waals surface area contributed by atoms with Gasteiger partial charge in [-0.3, -0.25) is 4.84 Å². The van der Waals surface area contributed by atoms with E-state index in [0.29, 0.717) is 0 Å². The fourth-order valence-electron chi connectivity index (χ4n) is 1.09. The molecule has 0 aliphatic heterocycles. The Bertz CT molecular complexity index is 373. The van der Waals surface area contributed by atoms with E-state index in [0.717, 1.165) is 5.56 Å². The summed E-state index contributed by atoms with van der Waals surface area (Å²) in [6.07, 6.45) is -4.53. The Kier molecular flexibility index (Phi) is 4.94. The summed E-state index contributed by atoms with van der Waals surface area (Å²) >= 11 is 0. The molecule has 0 heterocycles. The first-order valence-corrected chi connectivity index (χ1v) is 4.89. The summed E-state index contributed by atoms with van der Waals surface area (Å²) in [6, 6.07) is 10.2. The minimum absolute atomic E-state index is 0.150. The summed E-state index contributed by atoms with van der Waals surface area (Å²) in [4.78, 5) is 4.85. The van der Waals surface area contributed by atoms with E-state index in [1.807, 2.05) is 6.07 Å². The zero-order valence-electron chi connectivity index (χ0n) is 8.87. The summed E-state index contributed by atoms with van der Waals surface area (Å²) in [5.41, 5.74) is 2.98. The number of nitriles is 1. The first-order chi connectivity index (χ1) is 8.04. The first-order valence-electron chi connectivity index (χ1n) is 4.89. The Labute approximate surface area is 96.8 Å². The molecule has 0 bridgehead atoms. The predicted molar refractivity (Wildman–Crippen MR) is 54.4 cm³/mol. The molecule has 92 valence electrons. The molecule has 0 saturated carbocycles. The SMILES string of the molecule is N#CC(CNOCc1ccccc1)C(F)(F)F. The van der Waals surface area contributed by atoms with Crippen LogP contribution in [0.3, 0.4) is 0 Å². The molecule has 0 aliphatic rings. The van der Waals surface area contributed by atoms with Crippen molar-refractivity contribution >= 4 is 0 Å². The lowest BCUT2D eigenvalue weighted by molar-refractivity contribution is -0.164. The smallest absolute Gasteiger partial charge is 0.297 e. The first kappa shape index (κ1) is 13.5. The third-order valence-corrected chi connectivity index (χ3v) is 2.02. The number of nitrogens with zero attached hydrogens (tertiary/aromatic N) is 1. The lowest BCUT2D eigenvalue weighted by Gasteiger charge is -2.13. The van der Waals surface area contributed by atoms with Crippen molar-refractivity contribution in [3.63, 3.8) is 0 Å². The van der Waals surface area contributed by atoms with Crippen molar-refractivity contribution in [2.75, 3.05) is 6.54 Å². The minimum atomic E-state index is -4.53. The highest BCUT2D eigenvalue weighted by Gasteiger charge is 2.39.